The molecule has 236 valence electrons. The Kier molecular flexibility index (Phi) is 13.6. The van der Waals surface area contributed by atoms with Gasteiger partial charge in [0.15, 0.2) is 11.5 Å². The predicted molar refractivity (Wildman–Crippen MR) is 164 cm³/mol. The number of aliphatic hydroxyl groups is 2. The second-order valence-electron chi connectivity index (χ2n) is 10.2. The van der Waals surface area contributed by atoms with E-state index in [2.05, 4.69) is 17.6 Å². The lowest BCUT2D eigenvalue weighted by Gasteiger charge is -2.20. The Morgan fingerprint density at radius 2 is 1.59 bits per heavy atom. The van der Waals surface area contributed by atoms with Gasteiger partial charge in [0.05, 0.1) is 19.3 Å². The highest BCUT2D eigenvalue weighted by atomic mass is 16.6. The largest absolute Gasteiger partial charge is 0.494 e. The lowest BCUT2D eigenvalue weighted by atomic mass is 10.0. The molecular weight excluding hydrogens is 568 g/mol. The number of carbonyl (C=O) groups is 3. The van der Waals surface area contributed by atoms with Gasteiger partial charge in [0.1, 0.15) is 24.6 Å². The highest BCUT2D eigenvalue weighted by Crippen LogP contribution is 2.30. The number of anilines is 1. The smallest absolute Gasteiger partial charge is 0.343 e. The molecule has 11 heteroatoms. The lowest BCUT2D eigenvalue weighted by Crippen LogP contribution is -2.40. The summed E-state index contributed by atoms with van der Waals surface area (Å²) in [5.74, 6) is -1.27. The van der Waals surface area contributed by atoms with Crippen molar-refractivity contribution in [2.24, 2.45) is 0 Å². The molecule has 0 saturated heterocycles. The van der Waals surface area contributed by atoms with Crippen LogP contribution in [-0.4, -0.2) is 59.5 Å². The summed E-state index contributed by atoms with van der Waals surface area (Å²) < 4.78 is 16.7. The number of carbonyl (C=O) groups excluding carboxylic acids is 2. The van der Waals surface area contributed by atoms with Crippen molar-refractivity contribution >= 4 is 23.5 Å². The SMILES string of the molecule is CCCCCCCOc1ccc(C(=O)Oc2ccc(CC(NC(O)c3ccc(NC(=O)CO)cc3)C(=O)O)cc2OC)cc1. The van der Waals surface area contributed by atoms with Crippen LogP contribution in [0.4, 0.5) is 5.69 Å². The minimum Gasteiger partial charge on any atom is -0.494 e. The lowest BCUT2D eigenvalue weighted by molar-refractivity contribution is -0.140. The molecule has 2 atom stereocenters. The van der Waals surface area contributed by atoms with Crippen LogP contribution in [0.15, 0.2) is 66.7 Å². The van der Waals surface area contributed by atoms with E-state index in [1.54, 1.807) is 36.4 Å². The number of methoxy groups -OCH3 is 1. The first-order chi connectivity index (χ1) is 21.2. The van der Waals surface area contributed by atoms with Crippen molar-refractivity contribution in [1.29, 1.82) is 0 Å². The summed E-state index contributed by atoms with van der Waals surface area (Å²) >= 11 is 0. The maximum absolute atomic E-state index is 12.8. The van der Waals surface area contributed by atoms with Crippen LogP contribution in [0.1, 0.15) is 66.7 Å². The minimum absolute atomic E-state index is 0.0122. The zero-order valence-electron chi connectivity index (χ0n) is 25.0. The number of rotatable bonds is 18. The number of nitrogens with one attached hydrogen (secondary N) is 2. The van der Waals surface area contributed by atoms with E-state index in [9.17, 15) is 24.6 Å². The molecule has 0 saturated carbocycles. The number of aliphatic hydroxyl groups excluding tert-OH is 2. The molecule has 0 bridgehead atoms. The minimum atomic E-state index is -1.32. The zero-order valence-corrected chi connectivity index (χ0v) is 25.0. The number of aliphatic carboxylic acids is 1. The molecule has 11 nitrogen and oxygen atoms in total. The molecule has 0 heterocycles. The van der Waals surface area contributed by atoms with Crippen LogP contribution in [0, 0.1) is 0 Å². The molecule has 44 heavy (non-hydrogen) atoms. The number of unbranched alkanes of at least 4 members (excludes halogenated alkanes) is 4. The van der Waals surface area contributed by atoms with E-state index in [1.807, 2.05) is 0 Å². The quantitative estimate of drug-likeness (QED) is 0.0602. The Morgan fingerprint density at radius 3 is 2.23 bits per heavy atom. The molecule has 0 spiro atoms. The van der Waals surface area contributed by atoms with Gasteiger partial charge in [-0.15, -0.1) is 0 Å². The van der Waals surface area contributed by atoms with Gasteiger partial charge in [0.25, 0.3) is 0 Å². The van der Waals surface area contributed by atoms with Gasteiger partial charge in [-0.25, -0.2) is 4.79 Å². The fourth-order valence-electron chi connectivity index (χ4n) is 4.35. The van der Waals surface area contributed by atoms with Crippen LogP contribution in [0.25, 0.3) is 0 Å². The Bertz CT molecular complexity index is 1360. The summed E-state index contributed by atoms with van der Waals surface area (Å²) in [6.45, 7) is 2.13. The second kappa shape index (κ2) is 17.6. The zero-order chi connectivity index (χ0) is 31.9. The molecule has 0 aliphatic heterocycles. The average Bonchev–Trinajstić information content (AvgIpc) is 3.03. The van der Waals surface area contributed by atoms with E-state index >= 15 is 0 Å². The molecule has 0 aromatic heterocycles. The standard InChI is InChI=1S/C33H40N2O9/c1-3-4-5-6-7-18-43-26-15-11-24(12-16-26)33(41)44-28-17-8-22(20-29(28)42-2)19-27(32(39)40)35-31(38)23-9-13-25(14-10-23)34-30(37)21-36/h8-17,20,27,31,35-36,38H,3-7,18-19,21H2,1-2H3,(H,34,37)(H,39,40). The first-order valence-corrected chi connectivity index (χ1v) is 14.5. The van der Waals surface area contributed by atoms with Crippen LogP contribution < -0.4 is 24.8 Å². The van der Waals surface area contributed by atoms with Crippen molar-refractivity contribution in [1.82, 2.24) is 5.32 Å². The molecule has 5 N–H and O–H groups in total. The molecular formula is C33H40N2O9. The summed E-state index contributed by atoms with van der Waals surface area (Å²) in [6.07, 6.45) is 4.39. The summed E-state index contributed by atoms with van der Waals surface area (Å²) in [7, 11) is 1.41. The van der Waals surface area contributed by atoms with E-state index < -0.39 is 36.7 Å². The summed E-state index contributed by atoms with van der Waals surface area (Å²) in [5, 5.41) is 34.4. The number of benzene rings is 3. The highest BCUT2D eigenvalue weighted by molar-refractivity contribution is 5.92. The second-order valence-corrected chi connectivity index (χ2v) is 10.2. The van der Waals surface area contributed by atoms with Gasteiger partial charge in [-0.05, 0) is 72.5 Å². The molecule has 3 rings (SSSR count). The molecule has 3 aromatic rings. The predicted octanol–water partition coefficient (Wildman–Crippen LogP) is 4.47. The van der Waals surface area contributed by atoms with Crippen molar-refractivity contribution in [3.63, 3.8) is 0 Å². The van der Waals surface area contributed by atoms with Crippen molar-refractivity contribution in [2.75, 3.05) is 25.6 Å². The van der Waals surface area contributed by atoms with Gasteiger partial charge < -0.3 is 34.8 Å². The normalized spacial score (nSPS) is 12.2. The third-order valence-electron chi connectivity index (χ3n) is 6.79. The van der Waals surface area contributed by atoms with Crippen molar-refractivity contribution in [3.05, 3.63) is 83.4 Å². The van der Waals surface area contributed by atoms with E-state index in [4.69, 9.17) is 19.3 Å². The number of carboxylic acid groups (broad SMARTS) is 1. The van der Waals surface area contributed by atoms with E-state index in [1.165, 1.54) is 56.7 Å². The summed E-state index contributed by atoms with van der Waals surface area (Å²) in [4.78, 5) is 36.1. The fourth-order valence-corrected chi connectivity index (χ4v) is 4.35. The van der Waals surface area contributed by atoms with Crippen molar-refractivity contribution in [2.45, 2.75) is 57.7 Å². The van der Waals surface area contributed by atoms with Gasteiger partial charge in [0.2, 0.25) is 5.91 Å². The number of hydrogen-bond donors (Lipinski definition) is 5. The van der Waals surface area contributed by atoms with Crippen LogP contribution in [0.5, 0.6) is 17.2 Å². The first kappa shape index (κ1) is 34.0. The van der Waals surface area contributed by atoms with Crippen molar-refractivity contribution in [3.8, 4) is 17.2 Å². The van der Waals surface area contributed by atoms with E-state index in [0.29, 0.717) is 34.7 Å². The maximum Gasteiger partial charge on any atom is 0.343 e. The number of carboxylic acids is 1. The Hall–Kier alpha value is -4.45. The summed E-state index contributed by atoms with van der Waals surface area (Å²) in [5.41, 5.74) is 1.68. The topological polar surface area (TPSA) is 164 Å². The number of hydrogen-bond acceptors (Lipinski definition) is 9. The van der Waals surface area contributed by atoms with Crippen LogP contribution in [0.2, 0.25) is 0 Å². The molecule has 0 radical (unpaired) electrons. The van der Waals surface area contributed by atoms with Crippen LogP contribution in [-0.2, 0) is 16.0 Å². The van der Waals surface area contributed by atoms with Crippen molar-refractivity contribution < 1.29 is 43.9 Å². The average molecular weight is 609 g/mol. The van der Waals surface area contributed by atoms with Gasteiger partial charge in [0, 0.05) is 5.69 Å². The third kappa shape index (κ3) is 10.7. The Morgan fingerprint density at radius 1 is 0.886 bits per heavy atom. The van der Waals surface area contributed by atoms with Gasteiger partial charge in [-0.3, -0.25) is 14.9 Å². The maximum atomic E-state index is 12.8. The van der Waals surface area contributed by atoms with Crippen LogP contribution >= 0.6 is 0 Å². The monoisotopic (exact) mass is 608 g/mol. The molecule has 0 aliphatic rings. The highest BCUT2D eigenvalue weighted by Gasteiger charge is 2.23. The number of esters is 1. The van der Waals surface area contributed by atoms with E-state index in [0.717, 1.165) is 12.8 Å². The molecule has 2 unspecified atom stereocenters. The first-order valence-electron chi connectivity index (χ1n) is 14.5. The number of amides is 1. The molecule has 0 aliphatic carbocycles. The van der Waals surface area contributed by atoms with Gasteiger partial charge >= 0.3 is 11.9 Å². The molecule has 3 aromatic carbocycles. The third-order valence-corrected chi connectivity index (χ3v) is 6.79. The molecule has 0 fully saturated rings. The Balaban J connectivity index is 1.58. The van der Waals surface area contributed by atoms with Gasteiger partial charge in [-0.2, -0.15) is 0 Å². The summed E-state index contributed by atoms with van der Waals surface area (Å²) in [6, 6.07) is 16.3. The molecule has 1 amide bonds. The fraction of sp³-hybridized carbons (Fsp3) is 0.364. The van der Waals surface area contributed by atoms with E-state index in [-0.39, 0.29) is 17.9 Å². The number of ether oxygens (including phenoxy) is 3. The van der Waals surface area contributed by atoms with Crippen LogP contribution in [0.3, 0.4) is 0 Å². The van der Waals surface area contributed by atoms with Gasteiger partial charge in [-0.1, -0.05) is 50.8 Å². The Labute approximate surface area is 256 Å².